The first-order valence-corrected chi connectivity index (χ1v) is 9.04. The highest BCUT2D eigenvalue weighted by molar-refractivity contribution is 5.95. The maximum absolute atomic E-state index is 12.7. The number of methoxy groups -OCH3 is 1. The SMILES string of the molecule is CCOc1ccc(C(=O)N2CCC(NCC3CC3)CC2)cc1OC. The number of rotatable bonds is 7. The molecule has 0 spiro atoms. The summed E-state index contributed by atoms with van der Waals surface area (Å²) in [5, 5.41) is 3.65. The summed E-state index contributed by atoms with van der Waals surface area (Å²) in [5.74, 6) is 2.28. The third-order valence-corrected chi connectivity index (χ3v) is 4.88. The number of hydrogen-bond acceptors (Lipinski definition) is 4. The van der Waals surface area contributed by atoms with E-state index in [4.69, 9.17) is 9.47 Å². The minimum atomic E-state index is 0.0805. The van der Waals surface area contributed by atoms with Crippen LogP contribution in [0.1, 0.15) is 43.0 Å². The number of carbonyl (C=O) groups excluding carboxylic acids is 1. The van der Waals surface area contributed by atoms with E-state index in [0.29, 0.717) is 29.7 Å². The highest BCUT2D eigenvalue weighted by atomic mass is 16.5. The van der Waals surface area contributed by atoms with E-state index >= 15 is 0 Å². The molecule has 1 N–H and O–H groups in total. The van der Waals surface area contributed by atoms with E-state index in [2.05, 4.69) is 5.32 Å². The molecule has 1 aromatic rings. The van der Waals surface area contributed by atoms with Crippen LogP contribution in [0.2, 0.25) is 0 Å². The Morgan fingerprint density at radius 3 is 2.58 bits per heavy atom. The van der Waals surface area contributed by atoms with Gasteiger partial charge < -0.3 is 19.7 Å². The Morgan fingerprint density at radius 1 is 1.21 bits per heavy atom. The van der Waals surface area contributed by atoms with E-state index in [-0.39, 0.29) is 5.91 Å². The molecule has 2 fully saturated rings. The summed E-state index contributed by atoms with van der Waals surface area (Å²) in [6.45, 7) is 5.28. The van der Waals surface area contributed by atoms with Crippen molar-refractivity contribution in [2.75, 3.05) is 33.4 Å². The van der Waals surface area contributed by atoms with Crippen LogP contribution in [0.3, 0.4) is 0 Å². The van der Waals surface area contributed by atoms with E-state index in [1.807, 2.05) is 24.0 Å². The summed E-state index contributed by atoms with van der Waals surface area (Å²) in [6.07, 6.45) is 4.83. The Hall–Kier alpha value is -1.75. The van der Waals surface area contributed by atoms with E-state index < -0.39 is 0 Å². The fourth-order valence-corrected chi connectivity index (χ4v) is 3.20. The minimum Gasteiger partial charge on any atom is -0.493 e. The zero-order valence-corrected chi connectivity index (χ0v) is 14.7. The molecule has 3 rings (SSSR count). The lowest BCUT2D eigenvalue weighted by Gasteiger charge is -2.32. The van der Waals surface area contributed by atoms with Gasteiger partial charge in [-0.3, -0.25) is 4.79 Å². The lowest BCUT2D eigenvalue weighted by atomic mass is 10.0. The van der Waals surface area contributed by atoms with Crippen LogP contribution < -0.4 is 14.8 Å². The Labute approximate surface area is 144 Å². The van der Waals surface area contributed by atoms with Crippen LogP contribution in [0.4, 0.5) is 0 Å². The molecule has 1 amide bonds. The quantitative estimate of drug-likeness (QED) is 0.834. The maximum Gasteiger partial charge on any atom is 0.253 e. The molecule has 24 heavy (non-hydrogen) atoms. The van der Waals surface area contributed by atoms with Gasteiger partial charge in [-0.15, -0.1) is 0 Å². The van der Waals surface area contributed by atoms with E-state index in [0.717, 1.165) is 38.4 Å². The first kappa shape index (κ1) is 17.1. The van der Waals surface area contributed by atoms with Crippen molar-refractivity contribution in [3.05, 3.63) is 23.8 Å². The molecule has 1 aromatic carbocycles. The number of piperidine rings is 1. The van der Waals surface area contributed by atoms with Crippen LogP contribution in [-0.4, -0.2) is 50.2 Å². The monoisotopic (exact) mass is 332 g/mol. The predicted octanol–water partition coefficient (Wildman–Crippen LogP) is 2.70. The van der Waals surface area contributed by atoms with Crippen molar-refractivity contribution in [2.45, 2.75) is 38.6 Å². The molecule has 5 nitrogen and oxygen atoms in total. The van der Waals surface area contributed by atoms with Gasteiger partial charge in [0.1, 0.15) is 0 Å². The molecule has 1 saturated heterocycles. The highest BCUT2D eigenvalue weighted by Gasteiger charge is 2.26. The normalized spacial score (nSPS) is 18.5. The molecule has 0 radical (unpaired) electrons. The first-order chi connectivity index (χ1) is 11.7. The number of nitrogens with zero attached hydrogens (tertiary/aromatic N) is 1. The summed E-state index contributed by atoms with van der Waals surface area (Å²) in [6, 6.07) is 5.99. The van der Waals surface area contributed by atoms with Gasteiger partial charge in [-0.2, -0.15) is 0 Å². The fourth-order valence-electron chi connectivity index (χ4n) is 3.20. The largest absolute Gasteiger partial charge is 0.493 e. The van der Waals surface area contributed by atoms with Crippen molar-refractivity contribution in [3.8, 4) is 11.5 Å². The standard InChI is InChI=1S/C19H28N2O3/c1-3-24-17-7-6-15(12-18(17)23-2)19(22)21-10-8-16(9-11-21)20-13-14-4-5-14/h6-7,12,14,16,20H,3-5,8-11,13H2,1-2H3. The van der Waals surface area contributed by atoms with Crippen LogP contribution in [-0.2, 0) is 0 Å². The Morgan fingerprint density at radius 2 is 1.96 bits per heavy atom. The average Bonchev–Trinajstić information content (AvgIpc) is 3.45. The first-order valence-electron chi connectivity index (χ1n) is 9.04. The molecule has 0 aromatic heterocycles. The average molecular weight is 332 g/mol. The maximum atomic E-state index is 12.7. The van der Waals surface area contributed by atoms with Gasteiger partial charge in [0.15, 0.2) is 11.5 Å². The molecule has 5 heteroatoms. The predicted molar refractivity (Wildman–Crippen MR) is 93.8 cm³/mol. The van der Waals surface area contributed by atoms with Crippen LogP contribution in [0.5, 0.6) is 11.5 Å². The number of amides is 1. The molecule has 0 bridgehead atoms. The second-order valence-corrected chi connectivity index (χ2v) is 6.72. The second kappa shape index (κ2) is 7.88. The van der Waals surface area contributed by atoms with Crippen molar-refractivity contribution >= 4 is 5.91 Å². The lowest BCUT2D eigenvalue weighted by Crippen LogP contribution is -2.45. The molecular formula is C19H28N2O3. The molecule has 0 atom stereocenters. The molecule has 132 valence electrons. The number of ether oxygens (including phenoxy) is 2. The molecule has 1 aliphatic carbocycles. The van der Waals surface area contributed by atoms with Gasteiger partial charge >= 0.3 is 0 Å². The number of benzene rings is 1. The van der Waals surface area contributed by atoms with Crippen LogP contribution in [0.25, 0.3) is 0 Å². The van der Waals surface area contributed by atoms with Gasteiger partial charge in [0.05, 0.1) is 13.7 Å². The third kappa shape index (κ3) is 4.20. The van der Waals surface area contributed by atoms with Crippen molar-refractivity contribution < 1.29 is 14.3 Å². The van der Waals surface area contributed by atoms with E-state index in [1.54, 1.807) is 13.2 Å². The summed E-state index contributed by atoms with van der Waals surface area (Å²) < 4.78 is 10.9. The summed E-state index contributed by atoms with van der Waals surface area (Å²) in [7, 11) is 1.60. The zero-order valence-electron chi connectivity index (χ0n) is 14.7. The zero-order chi connectivity index (χ0) is 16.9. The Balaban J connectivity index is 1.56. The number of nitrogens with one attached hydrogen (secondary N) is 1. The van der Waals surface area contributed by atoms with Crippen LogP contribution in [0, 0.1) is 5.92 Å². The second-order valence-electron chi connectivity index (χ2n) is 6.72. The molecule has 1 saturated carbocycles. The van der Waals surface area contributed by atoms with Gasteiger partial charge in [-0.1, -0.05) is 0 Å². The third-order valence-electron chi connectivity index (χ3n) is 4.88. The Kier molecular flexibility index (Phi) is 5.61. The number of carbonyl (C=O) groups is 1. The summed E-state index contributed by atoms with van der Waals surface area (Å²) >= 11 is 0. The number of hydrogen-bond donors (Lipinski definition) is 1. The van der Waals surface area contributed by atoms with Gasteiger partial charge in [-0.25, -0.2) is 0 Å². The Bertz CT molecular complexity index is 564. The minimum absolute atomic E-state index is 0.0805. The number of likely N-dealkylation sites (tertiary alicyclic amines) is 1. The van der Waals surface area contributed by atoms with Crippen molar-refractivity contribution in [3.63, 3.8) is 0 Å². The van der Waals surface area contributed by atoms with Gasteiger partial charge in [0.25, 0.3) is 5.91 Å². The van der Waals surface area contributed by atoms with Gasteiger partial charge in [0, 0.05) is 24.7 Å². The molecule has 1 aliphatic heterocycles. The topological polar surface area (TPSA) is 50.8 Å². The molecule has 1 heterocycles. The molecule has 2 aliphatic rings. The van der Waals surface area contributed by atoms with Crippen molar-refractivity contribution in [1.29, 1.82) is 0 Å². The summed E-state index contributed by atoms with van der Waals surface area (Å²) in [4.78, 5) is 14.7. The smallest absolute Gasteiger partial charge is 0.253 e. The van der Waals surface area contributed by atoms with E-state index in [1.165, 1.54) is 12.8 Å². The summed E-state index contributed by atoms with van der Waals surface area (Å²) in [5.41, 5.74) is 0.666. The highest BCUT2D eigenvalue weighted by Crippen LogP contribution is 2.29. The van der Waals surface area contributed by atoms with Gasteiger partial charge in [-0.05, 0) is 63.3 Å². The lowest BCUT2D eigenvalue weighted by molar-refractivity contribution is 0.0704. The van der Waals surface area contributed by atoms with Crippen molar-refractivity contribution in [1.82, 2.24) is 10.2 Å². The van der Waals surface area contributed by atoms with Gasteiger partial charge in [0.2, 0.25) is 0 Å². The molecule has 0 unspecified atom stereocenters. The fraction of sp³-hybridized carbons (Fsp3) is 0.632. The van der Waals surface area contributed by atoms with E-state index in [9.17, 15) is 4.79 Å². The van der Waals surface area contributed by atoms with Crippen molar-refractivity contribution in [2.24, 2.45) is 5.92 Å². The molecular weight excluding hydrogens is 304 g/mol. The van der Waals surface area contributed by atoms with Crippen LogP contribution in [0.15, 0.2) is 18.2 Å². The van der Waals surface area contributed by atoms with Crippen LogP contribution >= 0.6 is 0 Å².